The SMILES string of the molecule is CSCCCCCNS(=O)(=O)c1cc(C)c(C(=O)O)s1. The lowest BCUT2D eigenvalue weighted by molar-refractivity contribution is 0.0701. The Labute approximate surface area is 127 Å². The second-order valence-electron chi connectivity index (χ2n) is 4.33. The molecule has 0 radical (unpaired) electrons. The number of thiophene rings is 1. The lowest BCUT2D eigenvalue weighted by Gasteiger charge is -2.04. The van der Waals surface area contributed by atoms with E-state index in [1.807, 2.05) is 6.26 Å². The molecular formula is C12H19NO4S3. The Hall–Kier alpha value is -0.570. The van der Waals surface area contributed by atoms with Crippen LogP contribution >= 0.6 is 23.1 Å². The topological polar surface area (TPSA) is 83.5 Å². The Morgan fingerprint density at radius 3 is 2.65 bits per heavy atom. The first-order valence-corrected chi connectivity index (χ1v) is 9.90. The van der Waals surface area contributed by atoms with E-state index in [1.165, 1.54) is 6.07 Å². The zero-order valence-electron chi connectivity index (χ0n) is 11.5. The zero-order valence-corrected chi connectivity index (χ0v) is 14.0. The third-order valence-electron chi connectivity index (χ3n) is 2.67. The van der Waals surface area contributed by atoms with Gasteiger partial charge in [-0.3, -0.25) is 0 Å². The van der Waals surface area contributed by atoms with Gasteiger partial charge in [0.1, 0.15) is 9.09 Å². The van der Waals surface area contributed by atoms with Gasteiger partial charge in [-0.15, -0.1) is 11.3 Å². The molecule has 0 bridgehead atoms. The quantitative estimate of drug-likeness (QED) is 0.677. The first-order valence-electron chi connectivity index (χ1n) is 6.21. The molecule has 0 aliphatic rings. The molecule has 8 heteroatoms. The molecule has 114 valence electrons. The van der Waals surface area contributed by atoms with Crippen LogP contribution in [0.1, 0.15) is 34.5 Å². The Bertz CT molecular complexity index is 551. The summed E-state index contributed by atoms with van der Waals surface area (Å²) in [5, 5.41) is 8.93. The standard InChI is InChI=1S/C12H19NO4S3/c1-9-8-10(19-11(9)12(14)15)20(16,17)13-6-4-3-5-7-18-2/h8,13H,3-7H2,1-2H3,(H,14,15). The molecule has 0 spiro atoms. The molecule has 0 saturated carbocycles. The number of thioether (sulfide) groups is 1. The van der Waals surface area contributed by atoms with Crippen molar-refractivity contribution in [3.05, 3.63) is 16.5 Å². The summed E-state index contributed by atoms with van der Waals surface area (Å²) < 4.78 is 26.6. The highest BCUT2D eigenvalue weighted by Crippen LogP contribution is 2.25. The Balaban J connectivity index is 2.56. The minimum absolute atomic E-state index is 0.0662. The lowest BCUT2D eigenvalue weighted by Crippen LogP contribution is -2.24. The summed E-state index contributed by atoms with van der Waals surface area (Å²) in [7, 11) is -3.59. The monoisotopic (exact) mass is 337 g/mol. The van der Waals surface area contributed by atoms with Crippen LogP contribution in [0.3, 0.4) is 0 Å². The van der Waals surface area contributed by atoms with E-state index >= 15 is 0 Å². The highest BCUT2D eigenvalue weighted by Gasteiger charge is 2.21. The fourth-order valence-electron chi connectivity index (χ4n) is 1.62. The molecule has 5 nitrogen and oxygen atoms in total. The summed E-state index contributed by atoms with van der Waals surface area (Å²) in [5.74, 6) is -0.00947. The van der Waals surface area contributed by atoms with E-state index in [1.54, 1.807) is 18.7 Å². The minimum atomic E-state index is -3.59. The number of carboxylic acids is 1. The number of nitrogens with one attached hydrogen (secondary N) is 1. The maximum absolute atomic E-state index is 12.0. The highest BCUT2D eigenvalue weighted by molar-refractivity contribution is 7.98. The van der Waals surface area contributed by atoms with Gasteiger partial charge in [0.25, 0.3) is 0 Å². The van der Waals surface area contributed by atoms with Gasteiger partial charge in [0, 0.05) is 6.54 Å². The van der Waals surface area contributed by atoms with Gasteiger partial charge < -0.3 is 5.11 Å². The number of carboxylic acid groups (broad SMARTS) is 1. The average Bonchev–Trinajstić information content (AvgIpc) is 2.76. The number of rotatable bonds is 9. The Morgan fingerprint density at radius 2 is 2.10 bits per heavy atom. The van der Waals surface area contributed by atoms with Crippen LogP contribution in [-0.2, 0) is 10.0 Å². The van der Waals surface area contributed by atoms with Crippen molar-refractivity contribution in [2.45, 2.75) is 30.4 Å². The van der Waals surface area contributed by atoms with Crippen LogP contribution in [0.2, 0.25) is 0 Å². The highest BCUT2D eigenvalue weighted by atomic mass is 32.2. The van der Waals surface area contributed by atoms with E-state index < -0.39 is 16.0 Å². The van der Waals surface area contributed by atoms with Crippen molar-refractivity contribution in [2.24, 2.45) is 0 Å². The Morgan fingerprint density at radius 1 is 1.40 bits per heavy atom. The number of hydrogen-bond acceptors (Lipinski definition) is 5. The molecule has 20 heavy (non-hydrogen) atoms. The van der Waals surface area contributed by atoms with Crippen LogP contribution in [0.4, 0.5) is 0 Å². The van der Waals surface area contributed by atoms with Crippen LogP contribution in [-0.4, -0.2) is 38.0 Å². The second-order valence-corrected chi connectivity index (χ2v) is 8.37. The van der Waals surface area contributed by atoms with Crippen molar-refractivity contribution in [3.63, 3.8) is 0 Å². The third-order valence-corrected chi connectivity index (χ3v) is 6.53. The number of aryl methyl sites for hydroxylation is 1. The number of aromatic carboxylic acids is 1. The van der Waals surface area contributed by atoms with E-state index in [0.717, 1.165) is 36.4 Å². The van der Waals surface area contributed by atoms with E-state index in [4.69, 9.17) is 5.11 Å². The smallest absolute Gasteiger partial charge is 0.346 e. The fraction of sp³-hybridized carbons (Fsp3) is 0.583. The molecule has 0 aromatic carbocycles. The maximum atomic E-state index is 12.0. The number of sulfonamides is 1. The summed E-state index contributed by atoms with van der Waals surface area (Å²) in [4.78, 5) is 11.0. The molecule has 1 rings (SSSR count). The molecule has 0 fully saturated rings. The first kappa shape index (κ1) is 17.5. The van der Waals surface area contributed by atoms with Crippen molar-refractivity contribution in [1.82, 2.24) is 4.72 Å². The third kappa shape index (κ3) is 5.08. The van der Waals surface area contributed by atoms with Crippen LogP contribution in [0, 0.1) is 6.92 Å². The van der Waals surface area contributed by atoms with Crippen LogP contribution in [0.25, 0.3) is 0 Å². The van der Waals surface area contributed by atoms with E-state index in [0.29, 0.717) is 12.1 Å². The summed E-state index contributed by atoms with van der Waals surface area (Å²) in [6, 6.07) is 1.41. The molecule has 1 aromatic heterocycles. The van der Waals surface area contributed by atoms with Crippen molar-refractivity contribution in [2.75, 3.05) is 18.6 Å². The van der Waals surface area contributed by atoms with Crippen LogP contribution < -0.4 is 4.72 Å². The van der Waals surface area contributed by atoms with Crippen LogP contribution in [0.15, 0.2) is 10.3 Å². The summed E-state index contributed by atoms with van der Waals surface area (Å²) in [6.45, 7) is 1.98. The minimum Gasteiger partial charge on any atom is -0.477 e. The van der Waals surface area contributed by atoms with Crippen LogP contribution in [0.5, 0.6) is 0 Å². The van der Waals surface area contributed by atoms with Gasteiger partial charge in [-0.25, -0.2) is 17.9 Å². The van der Waals surface area contributed by atoms with Crippen molar-refractivity contribution in [1.29, 1.82) is 0 Å². The van der Waals surface area contributed by atoms with Gasteiger partial charge in [-0.05, 0) is 43.4 Å². The summed E-state index contributed by atoms with van der Waals surface area (Å²) in [6.07, 6.45) is 4.88. The molecule has 0 amide bonds. The molecule has 0 unspecified atom stereocenters. The van der Waals surface area contributed by atoms with Gasteiger partial charge in [-0.2, -0.15) is 11.8 Å². The fourth-order valence-corrected chi connectivity index (χ4v) is 4.61. The van der Waals surface area contributed by atoms with Gasteiger partial charge in [0.2, 0.25) is 10.0 Å². The number of hydrogen-bond donors (Lipinski definition) is 2. The lowest BCUT2D eigenvalue weighted by atomic mass is 10.2. The van der Waals surface area contributed by atoms with Gasteiger partial charge >= 0.3 is 5.97 Å². The van der Waals surface area contributed by atoms with Crippen molar-refractivity contribution in [3.8, 4) is 0 Å². The normalized spacial score (nSPS) is 11.7. The molecule has 0 saturated heterocycles. The van der Waals surface area contributed by atoms with E-state index in [9.17, 15) is 13.2 Å². The Kier molecular flexibility index (Phi) is 7.01. The van der Waals surface area contributed by atoms with Crippen molar-refractivity contribution >= 4 is 39.1 Å². The molecule has 2 N–H and O–H groups in total. The molecular weight excluding hydrogens is 318 g/mol. The van der Waals surface area contributed by atoms with E-state index in [-0.39, 0.29) is 9.09 Å². The second kappa shape index (κ2) is 8.02. The zero-order chi connectivity index (χ0) is 15.2. The average molecular weight is 337 g/mol. The molecule has 0 atom stereocenters. The van der Waals surface area contributed by atoms with Gasteiger partial charge in [0.15, 0.2) is 0 Å². The number of unbranched alkanes of at least 4 members (excludes halogenated alkanes) is 2. The molecule has 1 aromatic rings. The molecule has 1 heterocycles. The number of carbonyl (C=O) groups is 1. The molecule has 0 aliphatic heterocycles. The first-order chi connectivity index (χ1) is 9.38. The van der Waals surface area contributed by atoms with E-state index in [2.05, 4.69) is 4.72 Å². The van der Waals surface area contributed by atoms with Gasteiger partial charge in [0.05, 0.1) is 0 Å². The maximum Gasteiger partial charge on any atom is 0.346 e. The predicted octanol–water partition coefficient (Wildman–Crippen LogP) is 2.57. The summed E-state index contributed by atoms with van der Waals surface area (Å²) >= 11 is 2.57. The summed E-state index contributed by atoms with van der Waals surface area (Å²) in [5.41, 5.74) is 0.475. The molecule has 0 aliphatic carbocycles. The predicted molar refractivity (Wildman–Crippen MR) is 83.4 cm³/mol. The van der Waals surface area contributed by atoms with Crippen molar-refractivity contribution < 1.29 is 18.3 Å². The largest absolute Gasteiger partial charge is 0.477 e. The van der Waals surface area contributed by atoms with Gasteiger partial charge in [-0.1, -0.05) is 6.42 Å².